The van der Waals surface area contributed by atoms with Crippen LogP contribution in [0.4, 0.5) is 39.5 Å². The van der Waals surface area contributed by atoms with Crippen LogP contribution < -0.4 is 14.8 Å². The van der Waals surface area contributed by atoms with Crippen molar-refractivity contribution in [3.05, 3.63) is 130 Å². The summed E-state index contributed by atoms with van der Waals surface area (Å²) in [4.78, 5) is 26.2. The summed E-state index contributed by atoms with van der Waals surface area (Å²) in [5.41, 5.74) is -2.07. The number of nitrogens with one attached hydrogen (secondary N) is 1. The number of carbonyl (C=O) groups is 2. The monoisotopic (exact) mass is 1030 g/mol. The molecule has 0 spiro atoms. The van der Waals surface area contributed by atoms with Gasteiger partial charge in [-0.05, 0) is 129 Å². The Labute approximate surface area is 405 Å². The molecule has 2 saturated heterocycles. The average molecular weight is 1030 g/mol. The lowest BCUT2D eigenvalue weighted by Crippen LogP contribution is -2.50. The summed E-state index contributed by atoms with van der Waals surface area (Å²) in [5, 5.41) is 13.2. The maximum Gasteiger partial charge on any atom is 0.416 e. The van der Waals surface area contributed by atoms with Crippen molar-refractivity contribution in [2.75, 3.05) is 44.7 Å². The van der Waals surface area contributed by atoms with Gasteiger partial charge in [0.25, 0.3) is 0 Å². The van der Waals surface area contributed by atoms with Crippen LogP contribution in [-0.2, 0) is 38.9 Å². The van der Waals surface area contributed by atoms with E-state index in [-0.39, 0.29) is 31.2 Å². The minimum Gasteiger partial charge on any atom is -0.493 e. The van der Waals surface area contributed by atoms with E-state index in [1.807, 2.05) is 12.1 Å². The molecule has 2 saturated carbocycles. The number of likely N-dealkylation sites (tertiary alicyclic amines) is 1. The van der Waals surface area contributed by atoms with Gasteiger partial charge in [0.15, 0.2) is 0 Å². The Morgan fingerprint density at radius 2 is 1.03 bits per heavy atom. The van der Waals surface area contributed by atoms with Crippen molar-refractivity contribution in [2.24, 2.45) is 11.8 Å². The summed E-state index contributed by atoms with van der Waals surface area (Å²) in [6.45, 7) is 3.69. The lowest BCUT2D eigenvalue weighted by Gasteiger charge is -2.43. The predicted molar refractivity (Wildman–Crippen MR) is 244 cm³/mol. The fourth-order valence-corrected chi connectivity index (χ4v) is 8.41. The Morgan fingerprint density at radius 3 is 1.40 bits per heavy atom. The first-order chi connectivity index (χ1) is 31.6. The number of carboxylic acids is 1. The molecule has 2 atom stereocenters. The zero-order valence-electron chi connectivity index (χ0n) is 36.1. The van der Waals surface area contributed by atoms with Crippen molar-refractivity contribution in [1.82, 2.24) is 10.2 Å². The molecular weight excluding hydrogens is 974 g/mol. The van der Waals surface area contributed by atoms with Crippen LogP contribution in [0.15, 0.2) is 97.1 Å². The summed E-state index contributed by atoms with van der Waals surface area (Å²) in [6, 6.07) is 21.3. The summed E-state index contributed by atoms with van der Waals surface area (Å²) in [5.74, 6) is 0.507. The zero-order valence-corrected chi connectivity index (χ0v) is 38.3. The Hall–Kier alpha value is -4.38. The highest BCUT2D eigenvalue weighted by molar-refractivity contribution is 6.40. The van der Waals surface area contributed by atoms with E-state index in [0.29, 0.717) is 67.0 Å². The van der Waals surface area contributed by atoms with Gasteiger partial charge in [0.05, 0.1) is 46.1 Å². The number of alkyl halides is 11. The van der Waals surface area contributed by atoms with Crippen LogP contribution in [0, 0.1) is 11.8 Å². The molecule has 4 aliphatic rings. The third kappa shape index (κ3) is 14.8. The molecule has 2 aliphatic heterocycles. The number of amides is 1. The molecule has 0 bridgehead atoms. The molecule has 4 aromatic rings. The van der Waals surface area contributed by atoms with Crippen molar-refractivity contribution < 1.29 is 63.7 Å². The van der Waals surface area contributed by atoms with Crippen molar-refractivity contribution in [3.8, 4) is 11.5 Å². The van der Waals surface area contributed by atoms with Crippen LogP contribution in [0.1, 0.15) is 86.6 Å². The third-order valence-electron chi connectivity index (χ3n) is 12.5. The van der Waals surface area contributed by atoms with Gasteiger partial charge in [-0.15, -0.1) is 23.2 Å². The fourth-order valence-electron chi connectivity index (χ4n) is 8.28. The number of ether oxygens (including phenoxy) is 2. The molecule has 7 nitrogen and oxygen atoms in total. The lowest BCUT2D eigenvalue weighted by atomic mass is 9.63. The van der Waals surface area contributed by atoms with Gasteiger partial charge >= 0.3 is 24.5 Å². The van der Waals surface area contributed by atoms with Crippen LogP contribution in [-0.4, -0.2) is 66.6 Å². The van der Waals surface area contributed by atoms with Gasteiger partial charge in [0.2, 0.25) is 5.91 Å². The van der Waals surface area contributed by atoms with Gasteiger partial charge in [-0.1, -0.05) is 56.1 Å². The highest BCUT2D eigenvalue weighted by Gasteiger charge is 2.49. The van der Waals surface area contributed by atoms with Crippen LogP contribution in [0.2, 0.25) is 5.02 Å². The first-order valence-electron chi connectivity index (χ1n) is 21.5. The Morgan fingerprint density at radius 1 is 0.632 bits per heavy atom. The van der Waals surface area contributed by atoms with E-state index >= 15 is 0 Å². The third-order valence-corrected chi connectivity index (χ3v) is 12.7. The maximum absolute atomic E-state index is 13.3. The maximum atomic E-state index is 13.3. The fraction of sp³-hybridized carbons (Fsp3) is 0.469. The van der Waals surface area contributed by atoms with Gasteiger partial charge < -0.3 is 24.8 Å². The number of carbonyl (C=O) groups excluding carboxylic acids is 1. The summed E-state index contributed by atoms with van der Waals surface area (Å²) in [6.07, 6.45) is -6.87. The summed E-state index contributed by atoms with van der Waals surface area (Å²) in [7, 11) is 0. The van der Waals surface area contributed by atoms with E-state index < -0.39 is 52.0 Å². The molecule has 0 radical (unpaired) electrons. The second kappa shape index (κ2) is 24.4. The summed E-state index contributed by atoms with van der Waals surface area (Å²) >= 11 is 15.3. The minimum absolute atomic E-state index is 0. The van der Waals surface area contributed by atoms with Crippen LogP contribution in [0.25, 0.3) is 0 Å². The number of hydrogen-bond donors (Lipinski definition) is 2. The van der Waals surface area contributed by atoms with Crippen LogP contribution >= 0.6 is 34.8 Å². The highest BCUT2D eigenvalue weighted by Crippen LogP contribution is 2.47. The van der Waals surface area contributed by atoms with E-state index in [0.717, 1.165) is 87.2 Å². The molecule has 4 aromatic carbocycles. The number of aliphatic carboxylic acids is 1. The highest BCUT2D eigenvalue weighted by atomic mass is 35.5. The van der Waals surface area contributed by atoms with Gasteiger partial charge in [-0.2, -0.15) is 39.5 Å². The SMILES string of the molecule is C.ClCCl.FC(F)(F)c1ccc(OC[C@H]2CCNC2)cc1.O=C(N1CC[C@H](COc2ccc(C(F)(F)F)cc2)C1)C1(c2ccc(C(F)(F)F)cc2)CCC1.O=C(O)C1(c2ccc(Cl)cc2)CCC1. The van der Waals surface area contributed by atoms with Crippen molar-refractivity contribution >= 4 is 46.7 Å². The van der Waals surface area contributed by atoms with Crippen molar-refractivity contribution in [1.29, 1.82) is 0 Å². The molecule has 19 heteroatoms. The largest absolute Gasteiger partial charge is 0.493 e. The Kier molecular flexibility index (Phi) is 20.2. The number of nitrogens with zero attached hydrogens (tertiary/aromatic N) is 1. The van der Waals surface area contributed by atoms with Gasteiger partial charge in [0.1, 0.15) is 11.5 Å². The normalized spacial score (nSPS) is 19.1. The summed E-state index contributed by atoms with van der Waals surface area (Å²) < 4.78 is 125. The Bertz CT molecular complexity index is 2180. The van der Waals surface area contributed by atoms with E-state index in [1.165, 1.54) is 36.4 Å². The number of hydrogen-bond acceptors (Lipinski definition) is 5. The molecule has 8 rings (SSSR count). The van der Waals surface area contributed by atoms with Gasteiger partial charge in [-0.25, -0.2) is 0 Å². The second-order valence-electron chi connectivity index (χ2n) is 16.8. The second-order valence-corrected chi connectivity index (χ2v) is 18.0. The first kappa shape index (κ1) is 56.2. The lowest BCUT2D eigenvalue weighted by molar-refractivity contribution is -0.147. The topological polar surface area (TPSA) is 88.1 Å². The van der Waals surface area contributed by atoms with Crippen molar-refractivity contribution in [2.45, 2.75) is 88.2 Å². The molecule has 2 heterocycles. The molecular formula is C49H54Cl3F9N2O5. The average Bonchev–Trinajstić information content (AvgIpc) is 3.96. The molecule has 374 valence electrons. The standard InChI is InChI=1S/C24H23F6NO2.C12H14F3NO.C11H11ClO2.CH2Cl2.CH4/c25-23(26,27)18-4-2-17(3-5-18)22(11-1-12-22)21(32)31-13-10-16(14-31)15-33-20-8-6-19(7-9-20)24(28,29)30;13-12(14,15)10-1-3-11(4-2-10)17-8-9-5-6-16-7-9;12-9-4-2-8(3-5-9)11(10(13)14)6-1-7-11;2-1-3;/h2-9,16H,1,10-15H2;1-4,9,16H,5-8H2;2-5H,1,6-7H2,(H,13,14);1H2;1H4/t16-;9-;;;/m00.../s1. The smallest absolute Gasteiger partial charge is 0.416 e. The van der Waals surface area contributed by atoms with Crippen LogP contribution in [0.3, 0.4) is 0 Å². The van der Waals surface area contributed by atoms with Crippen LogP contribution in [0.5, 0.6) is 11.5 Å². The Balaban J connectivity index is 0.000000240. The van der Waals surface area contributed by atoms with E-state index in [2.05, 4.69) is 5.32 Å². The van der Waals surface area contributed by atoms with E-state index in [1.54, 1.807) is 17.0 Å². The van der Waals surface area contributed by atoms with Gasteiger partial charge in [0, 0.05) is 36.5 Å². The van der Waals surface area contributed by atoms with Gasteiger partial charge in [-0.3, -0.25) is 9.59 Å². The number of benzene rings is 4. The number of carboxylic acid groups (broad SMARTS) is 1. The molecule has 0 aromatic heterocycles. The molecule has 0 unspecified atom stereocenters. The molecule has 68 heavy (non-hydrogen) atoms. The molecule has 2 N–H and O–H groups in total. The van der Waals surface area contributed by atoms with E-state index in [4.69, 9.17) is 44.3 Å². The number of halogens is 12. The predicted octanol–water partition coefficient (Wildman–Crippen LogP) is 13.7. The molecule has 1 amide bonds. The van der Waals surface area contributed by atoms with Crippen molar-refractivity contribution in [3.63, 3.8) is 0 Å². The quantitative estimate of drug-likeness (QED) is 0.122. The first-order valence-corrected chi connectivity index (χ1v) is 23.0. The number of rotatable bonds is 10. The minimum atomic E-state index is -4.43. The molecule has 4 fully saturated rings. The zero-order chi connectivity index (χ0) is 49.0. The van der Waals surface area contributed by atoms with E-state index in [9.17, 15) is 54.2 Å². The molecule has 2 aliphatic carbocycles.